The lowest BCUT2D eigenvalue weighted by Crippen LogP contribution is -2.45. The summed E-state index contributed by atoms with van der Waals surface area (Å²) in [6.45, 7) is 16.7. The normalized spacial score (nSPS) is 20.7. The fraction of sp³-hybridized carbons (Fsp3) is 0.636. The van der Waals surface area contributed by atoms with Crippen LogP contribution in [0.1, 0.15) is 58.3 Å². The van der Waals surface area contributed by atoms with Crippen LogP contribution in [0.4, 0.5) is 4.79 Å². The maximum atomic E-state index is 13.2. The monoisotopic (exact) mass is 439 g/mol. The van der Waals surface area contributed by atoms with E-state index in [1.54, 1.807) is 24.3 Å². The lowest BCUT2D eigenvalue weighted by atomic mass is 10.0. The third-order valence-electron chi connectivity index (χ3n) is 5.59. The van der Waals surface area contributed by atoms with Crippen LogP contribution in [0.3, 0.4) is 0 Å². The second-order valence-corrected chi connectivity index (χ2v) is 15.4. The summed E-state index contributed by atoms with van der Waals surface area (Å²) in [6, 6.07) is 6.15. The average Bonchev–Trinajstić information content (AvgIpc) is 2.95. The Morgan fingerprint density at radius 1 is 1.07 bits per heavy atom. The number of Topliss-reactive ketones (excluding diaryl/α,β-unsaturated/α-hetero) is 1. The number of carbonyl (C=O) groups is 2. The number of carbonyl (C=O) groups excluding carboxylic acids is 2. The number of hydrogen-bond acceptors (Lipinski definition) is 4. The summed E-state index contributed by atoms with van der Waals surface area (Å²) in [7, 11) is -2.04. The molecule has 1 heterocycles. The Morgan fingerprint density at radius 3 is 2.10 bits per heavy atom. The molecule has 0 radical (unpaired) electrons. The lowest BCUT2D eigenvalue weighted by Gasteiger charge is -2.38. The van der Waals surface area contributed by atoms with E-state index in [4.69, 9.17) is 20.8 Å². The van der Waals surface area contributed by atoms with Gasteiger partial charge in [-0.2, -0.15) is 0 Å². The van der Waals surface area contributed by atoms with E-state index in [9.17, 15) is 9.59 Å². The van der Waals surface area contributed by atoms with Gasteiger partial charge in [-0.1, -0.05) is 32.4 Å². The summed E-state index contributed by atoms with van der Waals surface area (Å²) >= 11 is 5.96. The zero-order valence-corrected chi connectivity index (χ0v) is 20.6. The molecule has 2 atom stereocenters. The first-order valence-electron chi connectivity index (χ1n) is 10.1. The number of ether oxygens (including phenoxy) is 1. The molecule has 1 fully saturated rings. The van der Waals surface area contributed by atoms with E-state index in [1.165, 1.54) is 4.90 Å². The Hall–Kier alpha value is -1.37. The first kappa shape index (κ1) is 23.9. The van der Waals surface area contributed by atoms with Gasteiger partial charge in [-0.3, -0.25) is 9.69 Å². The largest absolute Gasteiger partial charge is 0.444 e. The van der Waals surface area contributed by atoms with Crippen LogP contribution in [0.25, 0.3) is 0 Å². The molecule has 0 bridgehead atoms. The van der Waals surface area contributed by atoms with Crippen LogP contribution in [0.15, 0.2) is 24.3 Å². The third kappa shape index (κ3) is 6.06. The Labute approximate surface area is 180 Å². The fourth-order valence-electron chi connectivity index (χ4n) is 3.05. The number of amides is 1. The molecule has 2 rings (SSSR count). The van der Waals surface area contributed by atoms with Gasteiger partial charge < -0.3 is 9.16 Å². The SMILES string of the molecule is CC(C)(C)OC(=O)N1CC(O[Si](C)(C)C(C)(C)C)CC1C(=O)c1ccc(Cl)cc1. The Morgan fingerprint density at radius 2 is 1.62 bits per heavy atom. The van der Waals surface area contributed by atoms with Crippen LogP contribution >= 0.6 is 11.6 Å². The van der Waals surface area contributed by atoms with Crippen molar-refractivity contribution in [1.82, 2.24) is 4.90 Å². The molecule has 1 aromatic carbocycles. The summed E-state index contributed by atoms with van der Waals surface area (Å²) in [5, 5.41) is 0.610. The Kier molecular flexibility index (Phi) is 6.92. The number of benzene rings is 1. The molecule has 2 unspecified atom stereocenters. The summed E-state index contributed by atoms with van der Waals surface area (Å²) in [5.41, 5.74) is -0.107. The summed E-state index contributed by atoms with van der Waals surface area (Å²) < 4.78 is 12.1. The number of ketones is 1. The van der Waals surface area contributed by atoms with Crippen molar-refractivity contribution in [1.29, 1.82) is 0 Å². The minimum atomic E-state index is -2.04. The molecule has 5 nitrogen and oxygen atoms in total. The van der Waals surface area contributed by atoms with Crippen LogP contribution in [-0.2, 0) is 9.16 Å². The molecular formula is C22H34ClNO4Si. The van der Waals surface area contributed by atoms with E-state index >= 15 is 0 Å². The van der Waals surface area contributed by atoms with Gasteiger partial charge in [0.05, 0.1) is 6.10 Å². The molecule has 1 amide bonds. The summed E-state index contributed by atoms with van der Waals surface area (Å²) in [5.74, 6) is -0.117. The molecule has 1 aromatic rings. The average molecular weight is 440 g/mol. The lowest BCUT2D eigenvalue weighted by molar-refractivity contribution is 0.0207. The highest BCUT2D eigenvalue weighted by Gasteiger charge is 2.46. The van der Waals surface area contributed by atoms with Gasteiger partial charge in [-0.25, -0.2) is 4.79 Å². The molecule has 1 aliphatic heterocycles. The molecule has 0 N–H and O–H groups in total. The minimum absolute atomic E-state index is 0.0437. The van der Waals surface area contributed by atoms with E-state index in [0.29, 0.717) is 23.6 Å². The van der Waals surface area contributed by atoms with E-state index < -0.39 is 26.1 Å². The van der Waals surface area contributed by atoms with Gasteiger partial charge >= 0.3 is 6.09 Å². The molecule has 162 valence electrons. The van der Waals surface area contributed by atoms with E-state index in [0.717, 1.165) is 0 Å². The Bertz CT molecular complexity index is 750. The van der Waals surface area contributed by atoms with Crippen LogP contribution in [0, 0.1) is 0 Å². The van der Waals surface area contributed by atoms with Gasteiger partial charge in [-0.05, 0) is 63.2 Å². The van der Waals surface area contributed by atoms with Crippen molar-refractivity contribution in [2.75, 3.05) is 6.54 Å². The molecule has 7 heteroatoms. The first-order valence-corrected chi connectivity index (χ1v) is 13.4. The van der Waals surface area contributed by atoms with Crippen LogP contribution in [0.2, 0.25) is 23.2 Å². The molecule has 1 saturated heterocycles. The summed E-state index contributed by atoms with van der Waals surface area (Å²) in [4.78, 5) is 27.6. The summed E-state index contributed by atoms with van der Waals surface area (Å²) in [6.07, 6.45) is -0.205. The molecule has 0 saturated carbocycles. The molecule has 0 spiro atoms. The molecule has 0 aliphatic carbocycles. The number of halogens is 1. The molecule has 0 aromatic heterocycles. The van der Waals surface area contributed by atoms with Gasteiger partial charge in [-0.15, -0.1) is 0 Å². The van der Waals surface area contributed by atoms with E-state index in [1.807, 2.05) is 20.8 Å². The van der Waals surface area contributed by atoms with Gasteiger partial charge in [0.2, 0.25) is 0 Å². The Balaban J connectivity index is 2.28. The van der Waals surface area contributed by atoms with Crippen molar-refractivity contribution in [2.24, 2.45) is 0 Å². The van der Waals surface area contributed by atoms with Crippen molar-refractivity contribution in [2.45, 2.75) is 83.8 Å². The quantitative estimate of drug-likeness (QED) is 0.431. The molecule has 1 aliphatic rings. The van der Waals surface area contributed by atoms with Crippen molar-refractivity contribution in [3.05, 3.63) is 34.9 Å². The highest BCUT2D eigenvalue weighted by atomic mass is 35.5. The van der Waals surface area contributed by atoms with E-state index in [-0.39, 0.29) is 16.9 Å². The maximum Gasteiger partial charge on any atom is 0.411 e. The van der Waals surface area contributed by atoms with Crippen LogP contribution in [0.5, 0.6) is 0 Å². The zero-order valence-electron chi connectivity index (χ0n) is 18.8. The highest BCUT2D eigenvalue weighted by Crippen LogP contribution is 2.39. The number of nitrogens with zero attached hydrogens (tertiary/aromatic N) is 1. The minimum Gasteiger partial charge on any atom is -0.444 e. The van der Waals surface area contributed by atoms with Crippen molar-refractivity contribution >= 4 is 31.8 Å². The second kappa shape index (κ2) is 8.40. The maximum absolute atomic E-state index is 13.2. The third-order valence-corrected chi connectivity index (χ3v) is 10.4. The van der Waals surface area contributed by atoms with Gasteiger partial charge in [0.25, 0.3) is 0 Å². The van der Waals surface area contributed by atoms with Crippen LogP contribution < -0.4 is 0 Å². The highest BCUT2D eigenvalue weighted by molar-refractivity contribution is 6.74. The number of hydrogen-bond donors (Lipinski definition) is 0. The van der Waals surface area contributed by atoms with Gasteiger partial charge in [0, 0.05) is 23.6 Å². The zero-order chi connectivity index (χ0) is 22.2. The van der Waals surface area contributed by atoms with Crippen molar-refractivity contribution < 1.29 is 18.8 Å². The topological polar surface area (TPSA) is 55.8 Å². The fourth-order valence-corrected chi connectivity index (χ4v) is 4.54. The molecule has 29 heavy (non-hydrogen) atoms. The van der Waals surface area contributed by atoms with Crippen molar-refractivity contribution in [3.63, 3.8) is 0 Å². The second-order valence-electron chi connectivity index (χ2n) is 10.3. The van der Waals surface area contributed by atoms with Crippen molar-refractivity contribution in [3.8, 4) is 0 Å². The first-order chi connectivity index (χ1) is 13.1. The standard InChI is InChI=1S/C22H34ClNO4Si/c1-21(2,3)27-20(26)24-14-17(28-29(7,8)22(4,5)6)13-18(24)19(25)15-9-11-16(23)12-10-15/h9-12,17-18H,13-14H2,1-8H3. The van der Waals surface area contributed by atoms with Gasteiger partial charge in [0.1, 0.15) is 11.6 Å². The predicted octanol–water partition coefficient (Wildman–Crippen LogP) is 5.92. The van der Waals surface area contributed by atoms with Crippen LogP contribution in [-0.4, -0.2) is 49.4 Å². The predicted molar refractivity (Wildman–Crippen MR) is 119 cm³/mol. The molecular weight excluding hydrogens is 406 g/mol. The van der Waals surface area contributed by atoms with E-state index in [2.05, 4.69) is 33.9 Å². The smallest absolute Gasteiger partial charge is 0.411 e. The number of rotatable bonds is 4. The van der Waals surface area contributed by atoms with Gasteiger partial charge in [0.15, 0.2) is 14.1 Å². The number of likely N-dealkylation sites (tertiary alicyclic amines) is 1.